The van der Waals surface area contributed by atoms with Gasteiger partial charge in [-0.3, -0.25) is 4.39 Å². The molecule has 1 aliphatic rings. The summed E-state index contributed by atoms with van der Waals surface area (Å²) in [7, 11) is 0. The van der Waals surface area contributed by atoms with E-state index < -0.39 is 0 Å². The van der Waals surface area contributed by atoms with Crippen LogP contribution in [0.2, 0.25) is 0 Å². The van der Waals surface area contributed by atoms with Crippen LogP contribution < -0.4 is 0 Å². The second-order valence-corrected chi connectivity index (χ2v) is 4.59. The minimum atomic E-state index is -0.189. The molecule has 1 unspecified atom stereocenters. The quantitative estimate of drug-likeness (QED) is 0.641. The van der Waals surface area contributed by atoms with Gasteiger partial charge in [0.25, 0.3) is 0 Å². The predicted octanol–water partition coefficient (Wildman–Crippen LogP) is 2.69. The van der Waals surface area contributed by atoms with Crippen molar-refractivity contribution in [2.45, 2.75) is 31.6 Å². The Morgan fingerprint density at radius 1 is 1.46 bits per heavy atom. The third kappa shape index (κ3) is 3.82. The summed E-state index contributed by atoms with van der Waals surface area (Å²) in [6.07, 6.45) is 3.04. The maximum absolute atomic E-state index is 11.9. The minimum absolute atomic E-state index is 0.189. The summed E-state index contributed by atoms with van der Waals surface area (Å²) in [4.78, 5) is 2.34. The van der Waals surface area contributed by atoms with Gasteiger partial charge in [0.1, 0.15) is 0 Å². The van der Waals surface area contributed by atoms with Crippen molar-refractivity contribution in [2.75, 3.05) is 26.3 Å². The van der Waals surface area contributed by atoms with E-state index in [-0.39, 0.29) is 6.67 Å². The molecular formula is C10H19ClFN. The molecule has 0 aromatic rings. The number of hydrogen-bond acceptors (Lipinski definition) is 1. The summed E-state index contributed by atoms with van der Waals surface area (Å²) >= 11 is 6.03. The van der Waals surface area contributed by atoms with Crippen molar-refractivity contribution in [3.8, 4) is 0 Å². The first kappa shape index (κ1) is 11.3. The van der Waals surface area contributed by atoms with Crippen LogP contribution in [0.15, 0.2) is 0 Å². The first-order valence-electron chi connectivity index (χ1n) is 5.16. The van der Waals surface area contributed by atoms with Gasteiger partial charge in [-0.1, -0.05) is 0 Å². The second kappa shape index (κ2) is 5.82. The lowest BCUT2D eigenvalue weighted by Gasteiger charge is -2.32. The summed E-state index contributed by atoms with van der Waals surface area (Å²) in [6.45, 7) is 5.00. The van der Waals surface area contributed by atoms with Crippen molar-refractivity contribution in [1.29, 1.82) is 0 Å². The monoisotopic (exact) mass is 207 g/mol. The number of rotatable bonds is 4. The van der Waals surface area contributed by atoms with Gasteiger partial charge in [0.15, 0.2) is 0 Å². The van der Waals surface area contributed by atoms with E-state index in [1.807, 2.05) is 0 Å². The predicted molar refractivity (Wildman–Crippen MR) is 55.1 cm³/mol. The van der Waals surface area contributed by atoms with E-state index in [4.69, 9.17) is 11.6 Å². The topological polar surface area (TPSA) is 3.24 Å². The van der Waals surface area contributed by atoms with Crippen molar-refractivity contribution in [2.24, 2.45) is 5.92 Å². The average molecular weight is 208 g/mol. The Bertz CT molecular complexity index is 133. The number of alkyl halides is 2. The first-order chi connectivity index (χ1) is 6.24. The van der Waals surface area contributed by atoms with Crippen LogP contribution in [0.1, 0.15) is 26.2 Å². The highest BCUT2D eigenvalue weighted by molar-refractivity contribution is 6.20. The van der Waals surface area contributed by atoms with Gasteiger partial charge in [-0.2, -0.15) is 0 Å². The first-order valence-corrected chi connectivity index (χ1v) is 5.60. The molecule has 3 heteroatoms. The molecule has 0 aliphatic carbocycles. The fourth-order valence-electron chi connectivity index (χ4n) is 1.92. The third-order valence-corrected chi connectivity index (χ3v) is 3.25. The molecule has 1 aliphatic heterocycles. The zero-order valence-electron chi connectivity index (χ0n) is 8.31. The molecule has 0 bridgehead atoms. The summed E-state index contributed by atoms with van der Waals surface area (Å²) in [5, 5.41) is 0.295. The maximum atomic E-state index is 11.9. The molecule has 1 nitrogen and oxygen atoms in total. The van der Waals surface area contributed by atoms with E-state index in [2.05, 4.69) is 11.8 Å². The van der Waals surface area contributed by atoms with E-state index in [1.165, 1.54) is 12.8 Å². The van der Waals surface area contributed by atoms with Gasteiger partial charge in [-0.15, -0.1) is 11.6 Å². The fraction of sp³-hybridized carbons (Fsp3) is 1.00. The minimum Gasteiger partial charge on any atom is -0.303 e. The maximum Gasteiger partial charge on any atom is 0.0906 e. The molecule has 13 heavy (non-hydrogen) atoms. The molecule has 0 amide bonds. The van der Waals surface area contributed by atoms with Gasteiger partial charge >= 0.3 is 0 Å². The van der Waals surface area contributed by atoms with E-state index in [9.17, 15) is 4.39 Å². The summed E-state index contributed by atoms with van der Waals surface area (Å²) in [5.41, 5.74) is 0. The zero-order chi connectivity index (χ0) is 9.68. The molecule has 78 valence electrons. The second-order valence-electron chi connectivity index (χ2n) is 3.90. The van der Waals surface area contributed by atoms with Crippen LogP contribution in [-0.4, -0.2) is 36.6 Å². The Morgan fingerprint density at radius 2 is 2.08 bits per heavy atom. The smallest absolute Gasteiger partial charge is 0.0906 e. The molecule has 0 radical (unpaired) electrons. The summed E-state index contributed by atoms with van der Waals surface area (Å²) in [6, 6.07) is 0. The number of hydrogen-bond donors (Lipinski definition) is 0. The SMILES string of the molecule is CC(Cl)C1CCN(CCCF)CC1. The standard InChI is InChI=1S/C10H19ClFN/c1-9(11)10-3-7-13(8-4-10)6-2-5-12/h9-10H,2-8H2,1H3. The number of likely N-dealkylation sites (tertiary alicyclic amines) is 1. The van der Waals surface area contributed by atoms with Crippen molar-refractivity contribution in [3.05, 3.63) is 0 Å². The highest BCUT2D eigenvalue weighted by atomic mass is 35.5. The van der Waals surface area contributed by atoms with Gasteiger partial charge in [0, 0.05) is 11.9 Å². The van der Waals surface area contributed by atoms with Gasteiger partial charge in [0.05, 0.1) is 6.67 Å². The highest BCUT2D eigenvalue weighted by Crippen LogP contribution is 2.23. The van der Waals surface area contributed by atoms with Crippen LogP contribution in [0.5, 0.6) is 0 Å². The Balaban J connectivity index is 2.15. The van der Waals surface area contributed by atoms with E-state index in [0.717, 1.165) is 19.6 Å². The van der Waals surface area contributed by atoms with Crippen molar-refractivity contribution < 1.29 is 4.39 Å². The van der Waals surface area contributed by atoms with Crippen LogP contribution in [-0.2, 0) is 0 Å². The molecule has 0 N–H and O–H groups in total. The molecule has 0 saturated carbocycles. The van der Waals surface area contributed by atoms with Crippen LogP contribution >= 0.6 is 11.6 Å². The van der Waals surface area contributed by atoms with Crippen LogP contribution in [0.4, 0.5) is 4.39 Å². The van der Waals surface area contributed by atoms with Crippen LogP contribution in [0.25, 0.3) is 0 Å². The fourth-order valence-corrected chi connectivity index (χ4v) is 2.17. The molecule has 1 saturated heterocycles. The van der Waals surface area contributed by atoms with Crippen molar-refractivity contribution in [1.82, 2.24) is 4.90 Å². The molecule has 1 heterocycles. The zero-order valence-corrected chi connectivity index (χ0v) is 9.06. The average Bonchev–Trinajstić information content (AvgIpc) is 2.15. The molecule has 0 aromatic heterocycles. The lowest BCUT2D eigenvalue weighted by molar-refractivity contribution is 0.177. The highest BCUT2D eigenvalue weighted by Gasteiger charge is 2.21. The number of halogens is 2. The van der Waals surface area contributed by atoms with E-state index in [1.54, 1.807) is 0 Å². The van der Waals surface area contributed by atoms with Gasteiger partial charge < -0.3 is 4.90 Å². The van der Waals surface area contributed by atoms with Crippen LogP contribution in [0.3, 0.4) is 0 Å². The number of piperidine rings is 1. The molecule has 0 spiro atoms. The van der Waals surface area contributed by atoms with E-state index >= 15 is 0 Å². The van der Waals surface area contributed by atoms with Crippen molar-refractivity contribution in [3.63, 3.8) is 0 Å². The summed E-state index contributed by atoms with van der Waals surface area (Å²) in [5.74, 6) is 0.670. The molecule has 0 aromatic carbocycles. The third-order valence-electron chi connectivity index (χ3n) is 2.89. The molecule has 1 atom stereocenters. The van der Waals surface area contributed by atoms with E-state index in [0.29, 0.717) is 17.7 Å². The van der Waals surface area contributed by atoms with Crippen LogP contribution in [0, 0.1) is 5.92 Å². The van der Waals surface area contributed by atoms with Crippen molar-refractivity contribution >= 4 is 11.6 Å². The summed E-state index contributed by atoms with van der Waals surface area (Å²) < 4.78 is 11.9. The molecular weight excluding hydrogens is 189 g/mol. The van der Waals surface area contributed by atoms with Gasteiger partial charge in [0.2, 0.25) is 0 Å². The largest absolute Gasteiger partial charge is 0.303 e. The lowest BCUT2D eigenvalue weighted by atomic mass is 9.94. The Labute approximate surface area is 85.2 Å². The lowest BCUT2D eigenvalue weighted by Crippen LogP contribution is -2.36. The normalized spacial score (nSPS) is 23.3. The van der Waals surface area contributed by atoms with Gasteiger partial charge in [-0.25, -0.2) is 0 Å². The van der Waals surface area contributed by atoms with Gasteiger partial charge in [-0.05, 0) is 45.2 Å². The Hall–Kier alpha value is 0.180. The Morgan fingerprint density at radius 3 is 2.54 bits per heavy atom. The Kier molecular flexibility index (Phi) is 5.04. The number of nitrogens with zero attached hydrogens (tertiary/aromatic N) is 1. The molecule has 1 rings (SSSR count). The molecule has 1 fully saturated rings.